The minimum absolute atomic E-state index is 0.175. The van der Waals surface area contributed by atoms with E-state index in [9.17, 15) is 9.59 Å². The Morgan fingerprint density at radius 2 is 1.70 bits per heavy atom. The molecule has 1 saturated heterocycles. The molecule has 11 heteroatoms. The normalized spacial score (nSPS) is 14.7. The highest BCUT2D eigenvalue weighted by molar-refractivity contribution is 8.18. The van der Waals surface area contributed by atoms with Crippen molar-refractivity contribution in [2.24, 2.45) is 10.2 Å². The van der Waals surface area contributed by atoms with Crippen LogP contribution in [0.5, 0.6) is 17.2 Å². The summed E-state index contributed by atoms with van der Waals surface area (Å²) < 4.78 is 17.3. The number of nitrogens with zero attached hydrogens (tertiary/aromatic N) is 3. The zero-order valence-electron chi connectivity index (χ0n) is 24.8. The topological polar surface area (TPSA) is 106 Å². The van der Waals surface area contributed by atoms with Gasteiger partial charge in [0.25, 0.3) is 11.8 Å². The van der Waals surface area contributed by atoms with Gasteiger partial charge in [0.05, 0.1) is 23.9 Å². The number of furan rings is 1. The van der Waals surface area contributed by atoms with E-state index < -0.39 is 0 Å². The fraction of sp³-hybridized carbons (Fsp3) is 0.0556. The largest absolute Gasteiger partial charge is 0.483 e. The Labute approximate surface area is 280 Å². The smallest absolute Gasteiger partial charge is 0.267 e. The van der Waals surface area contributed by atoms with E-state index in [1.54, 1.807) is 67.1 Å². The number of hydrogen-bond acceptors (Lipinski definition) is 8. The lowest BCUT2D eigenvalue weighted by molar-refractivity contribution is -0.122. The molecule has 0 unspecified atom stereocenters. The zero-order valence-corrected chi connectivity index (χ0v) is 26.4. The number of hydrogen-bond donors (Lipinski definition) is 1. The van der Waals surface area contributed by atoms with Crippen LogP contribution in [0.2, 0.25) is 5.02 Å². The number of thioether (sulfide) groups is 1. The molecule has 0 saturated carbocycles. The zero-order chi connectivity index (χ0) is 32.4. The second kappa shape index (κ2) is 15.1. The van der Waals surface area contributed by atoms with Crippen molar-refractivity contribution in [2.75, 3.05) is 11.9 Å². The van der Waals surface area contributed by atoms with E-state index in [0.29, 0.717) is 43.6 Å². The number of anilines is 1. The molecule has 1 aliphatic heterocycles. The molecule has 5 aromatic rings. The van der Waals surface area contributed by atoms with Gasteiger partial charge in [0, 0.05) is 16.3 Å². The summed E-state index contributed by atoms with van der Waals surface area (Å²) >= 11 is 7.11. The number of nitrogens with one attached hydrogen (secondary N) is 1. The molecule has 0 bridgehead atoms. The number of benzene rings is 4. The van der Waals surface area contributed by atoms with Crippen LogP contribution in [0.1, 0.15) is 16.9 Å². The third-order valence-electron chi connectivity index (χ3n) is 6.66. The van der Waals surface area contributed by atoms with Gasteiger partial charge in [0.2, 0.25) is 0 Å². The highest BCUT2D eigenvalue weighted by atomic mass is 35.5. The van der Waals surface area contributed by atoms with Crippen molar-refractivity contribution in [2.45, 2.75) is 6.54 Å². The number of ether oxygens (including phenoxy) is 2. The Kier molecular flexibility index (Phi) is 10.1. The molecule has 1 aliphatic rings. The average Bonchev–Trinajstić information content (AvgIpc) is 3.70. The average molecular weight is 663 g/mol. The number of amidine groups is 1. The lowest BCUT2D eigenvalue weighted by Crippen LogP contribution is -2.28. The number of halogens is 1. The molecule has 47 heavy (non-hydrogen) atoms. The van der Waals surface area contributed by atoms with Crippen LogP contribution in [0.3, 0.4) is 0 Å². The lowest BCUT2D eigenvalue weighted by atomic mass is 10.2. The van der Waals surface area contributed by atoms with Gasteiger partial charge in [0.1, 0.15) is 23.0 Å². The SMILES string of the molecule is O=C(COc1ccccc1/C=C1\S/C(=N/N=C\c2cccc(Oc3ccccc3)c2)N(Cc2ccco2)C1=O)Nc1ccc(Cl)cc1. The van der Waals surface area contributed by atoms with Gasteiger partial charge in [-0.2, -0.15) is 5.10 Å². The van der Waals surface area contributed by atoms with E-state index in [1.807, 2.05) is 66.7 Å². The minimum atomic E-state index is -0.338. The molecular weight excluding hydrogens is 636 g/mol. The summed E-state index contributed by atoms with van der Waals surface area (Å²) in [6.07, 6.45) is 4.86. The summed E-state index contributed by atoms with van der Waals surface area (Å²) in [6.45, 7) is -0.0541. The van der Waals surface area contributed by atoms with E-state index in [4.69, 9.17) is 25.5 Å². The Balaban J connectivity index is 1.18. The van der Waals surface area contributed by atoms with Crippen LogP contribution in [-0.2, 0) is 16.1 Å². The molecule has 0 atom stereocenters. The maximum Gasteiger partial charge on any atom is 0.267 e. The first kappa shape index (κ1) is 31.4. The van der Waals surface area contributed by atoms with Crippen LogP contribution in [0.4, 0.5) is 5.69 Å². The van der Waals surface area contributed by atoms with Crippen molar-refractivity contribution in [3.63, 3.8) is 0 Å². The Bertz CT molecular complexity index is 1940. The van der Waals surface area contributed by atoms with Gasteiger partial charge in [-0.15, -0.1) is 5.10 Å². The summed E-state index contributed by atoms with van der Waals surface area (Å²) in [5.41, 5.74) is 2.00. The van der Waals surface area contributed by atoms with Crippen molar-refractivity contribution in [3.05, 3.63) is 148 Å². The van der Waals surface area contributed by atoms with Crippen LogP contribution < -0.4 is 14.8 Å². The highest BCUT2D eigenvalue weighted by Crippen LogP contribution is 2.35. The number of carbonyl (C=O) groups excluding carboxylic acids is 2. The number of carbonyl (C=O) groups is 2. The molecule has 0 aliphatic carbocycles. The monoisotopic (exact) mass is 662 g/mol. The van der Waals surface area contributed by atoms with E-state index in [-0.39, 0.29) is 25.0 Å². The van der Waals surface area contributed by atoms with Crippen molar-refractivity contribution in [1.29, 1.82) is 0 Å². The van der Waals surface area contributed by atoms with Gasteiger partial charge in [0.15, 0.2) is 11.8 Å². The van der Waals surface area contributed by atoms with Crippen LogP contribution in [0, 0.1) is 0 Å². The third kappa shape index (κ3) is 8.57. The number of amides is 2. The number of rotatable bonds is 11. The van der Waals surface area contributed by atoms with Gasteiger partial charge < -0.3 is 19.2 Å². The highest BCUT2D eigenvalue weighted by Gasteiger charge is 2.34. The first-order valence-electron chi connectivity index (χ1n) is 14.5. The van der Waals surface area contributed by atoms with E-state index in [1.165, 1.54) is 16.7 Å². The van der Waals surface area contributed by atoms with Crippen LogP contribution >= 0.6 is 23.4 Å². The fourth-order valence-electron chi connectivity index (χ4n) is 4.45. The standard InChI is InChI=1S/C36H27ClN4O5S/c37-27-15-17-28(18-16-27)39-34(42)24-45-32-14-5-4-9-26(32)21-33-35(43)41(23-31-13-7-19-44-31)36(47-33)40-38-22-25-8-6-12-30(20-25)46-29-10-2-1-3-11-29/h1-22H,23-24H2,(H,39,42)/b33-21-,38-22-,40-36+. The summed E-state index contributed by atoms with van der Waals surface area (Å²) in [7, 11) is 0. The molecule has 9 nitrogen and oxygen atoms in total. The first-order valence-corrected chi connectivity index (χ1v) is 15.6. The third-order valence-corrected chi connectivity index (χ3v) is 7.91. The Morgan fingerprint density at radius 1 is 0.915 bits per heavy atom. The van der Waals surface area contributed by atoms with Gasteiger partial charge in [-0.3, -0.25) is 14.5 Å². The maximum atomic E-state index is 13.6. The fourth-order valence-corrected chi connectivity index (χ4v) is 5.51. The lowest BCUT2D eigenvalue weighted by Gasteiger charge is -2.12. The Morgan fingerprint density at radius 3 is 2.51 bits per heavy atom. The molecule has 234 valence electrons. The predicted octanol–water partition coefficient (Wildman–Crippen LogP) is 8.25. The van der Waals surface area contributed by atoms with E-state index in [0.717, 1.165) is 11.3 Å². The van der Waals surface area contributed by atoms with Crippen molar-refractivity contribution < 1.29 is 23.5 Å². The Hall–Kier alpha value is -5.58. The van der Waals surface area contributed by atoms with Gasteiger partial charge in [-0.1, -0.05) is 60.1 Å². The summed E-state index contributed by atoms with van der Waals surface area (Å²) in [6, 6.07) is 34.5. The molecule has 6 rings (SSSR count). The second-order valence-electron chi connectivity index (χ2n) is 10.1. The van der Waals surface area contributed by atoms with Crippen molar-refractivity contribution in [1.82, 2.24) is 4.90 Å². The minimum Gasteiger partial charge on any atom is -0.483 e. The predicted molar refractivity (Wildman–Crippen MR) is 185 cm³/mol. The van der Waals surface area contributed by atoms with E-state index >= 15 is 0 Å². The van der Waals surface area contributed by atoms with Crippen LogP contribution in [0.15, 0.2) is 141 Å². The van der Waals surface area contributed by atoms with Crippen molar-refractivity contribution >= 4 is 58.3 Å². The molecule has 0 spiro atoms. The molecule has 1 N–H and O–H groups in total. The summed E-state index contributed by atoms with van der Waals surface area (Å²) in [4.78, 5) is 28.1. The van der Waals surface area contributed by atoms with Crippen LogP contribution in [0.25, 0.3) is 6.08 Å². The summed E-state index contributed by atoms with van der Waals surface area (Å²) in [5.74, 6) is 1.82. The quantitative estimate of drug-likeness (QED) is 0.0867. The first-order chi connectivity index (χ1) is 23.0. The molecule has 4 aromatic carbocycles. The molecule has 1 aromatic heterocycles. The van der Waals surface area contributed by atoms with Gasteiger partial charge in [-0.05, 0) is 90.1 Å². The maximum absolute atomic E-state index is 13.6. The molecule has 0 radical (unpaired) electrons. The second-order valence-corrected chi connectivity index (χ2v) is 11.5. The summed E-state index contributed by atoms with van der Waals surface area (Å²) in [5, 5.41) is 12.4. The van der Waals surface area contributed by atoms with Gasteiger partial charge in [-0.25, -0.2) is 0 Å². The number of para-hydroxylation sites is 2. The molecular formula is C36H27ClN4O5S. The van der Waals surface area contributed by atoms with Gasteiger partial charge >= 0.3 is 0 Å². The molecule has 1 fully saturated rings. The van der Waals surface area contributed by atoms with Crippen LogP contribution in [-0.4, -0.2) is 34.7 Å². The van der Waals surface area contributed by atoms with Crippen molar-refractivity contribution in [3.8, 4) is 17.2 Å². The molecule has 2 amide bonds. The van der Waals surface area contributed by atoms with E-state index in [2.05, 4.69) is 15.5 Å². The molecule has 2 heterocycles.